The minimum atomic E-state index is 0.0101. The summed E-state index contributed by atoms with van der Waals surface area (Å²) in [6, 6.07) is 11.3. The second kappa shape index (κ2) is 7.50. The minimum Gasteiger partial charge on any atom is -0.490 e. The first-order chi connectivity index (χ1) is 13.3. The zero-order chi connectivity index (χ0) is 18.6. The van der Waals surface area contributed by atoms with E-state index >= 15 is 0 Å². The Morgan fingerprint density at radius 3 is 2.78 bits per heavy atom. The third-order valence-corrected chi connectivity index (χ3v) is 3.97. The van der Waals surface area contributed by atoms with Crippen molar-refractivity contribution in [2.24, 2.45) is 7.05 Å². The zero-order valence-electron chi connectivity index (χ0n) is 14.9. The molecule has 0 saturated carbocycles. The molecule has 0 aliphatic carbocycles. The van der Waals surface area contributed by atoms with Crippen LogP contribution in [-0.4, -0.2) is 55.6 Å². The number of aryl methyl sites for hydroxylation is 1. The molecule has 9 heteroatoms. The van der Waals surface area contributed by atoms with Crippen molar-refractivity contribution in [1.82, 2.24) is 24.1 Å². The van der Waals surface area contributed by atoms with Gasteiger partial charge >= 0.3 is 0 Å². The third kappa shape index (κ3) is 3.49. The van der Waals surface area contributed by atoms with E-state index in [9.17, 15) is 0 Å². The van der Waals surface area contributed by atoms with Crippen molar-refractivity contribution in [3.63, 3.8) is 0 Å². The summed E-state index contributed by atoms with van der Waals surface area (Å²) in [5.74, 6) is 1.86. The van der Waals surface area contributed by atoms with E-state index in [1.165, 1.54) is 0 Å². The highest BCUT2D eigenvalue weighted by molar-refractivity contribution is 5.85. The second-order valence-corrected chi connectivity index (χ2v) is 5.90. The van der Waals surface area contributed by atoms with Crippen LogP contribution in [0, 0.1) is 0 Å². The van der Waals surface area contributed by atoms with Crippen LogP contribution in [0.25, 0.3) is 16.8 Å². The molecule has 0 atom stereocenters. The number of rotatable bonds is 8. The summed E-state index contributed by atoms with van der Waals surface area (Å²) in [7, 11) is 1.89. The van der Waals surface area contributed by atoms with Crippen LogP contribution in [0.3, 0.4) is 0 Å². The highest BCUT2D eigenvalue weighted by atomic mass is 16.5. The van der Waals surface area contributed by atoms with Gasteiger partial charge in [0.2, 0.25) is 5.88 Å². The number of ether oxygens (including phenoxy) is 2. The average molecular weight is 368 g/mol. The summed E-state index contributed by atoms with van der Waals surface area (Å²) in [5.41, 5.74) is 2.10. The first-order valence-corrected chi connectivity index (χ1v) is 8.62. The Labute approximate surface area is 155 Å². The van der Waals surface area contributed by atoms with Crippen LogP contribution in [0.4, 0.5) is 5.82 Å². The number of imidazole rings is 1. The predicted octanol–water partition coefficient (Wildman–Crippen LogP) is 1.48. The fourth-order valence-electron chi connectivity index (χ4n) is 2.78. The second-order valence-electron chi connectivity index (χ2n) is 5.90. The van der Waals surface area contributed by atoms with Crippen molar-refractivity contribution in [2.45, 2.75) is 0 Å². The number of hydrogen-bond donors (Lipinski definition) is 2. The number of anilines is 1. The number of aromatic nitrogens is 5. The van der Waals surface area contributed by atoms with E-state index in [1.54, 1.807) is 16.9 Å². The monoisotopic (exact) mass is 368 g/mol. The fraction of sp³-hybridized carbons (Fsp3) is 0.278. The van der Waals surface area contributed by atoms with Crippen molar-refractivity contribution in [3.8, 4) is 11.6 Å². The average Bonchev–Trinajstić information content (AvgIpc) is 3.27. The van der Waals surface area contributed by atoms with Gasteiger partial charge in [-0.15, -0.1) is 5.10 Å². The molecule has 4 aromatic rings. The first-order valence-electron chi connectivity index (χ1n) is 8.62. The van der Waals surface area contributed by atoms with Crippen LogP contribution in [0.1, 0.15) is 0 Å². The van der Waals surface area contributed by atoms with Gasteiger partial charge in [0, 0.05) is 19.7 Å². The molecule has 0 aliphatic heterocycles. The standard InChI is InChI=1S/C18H20N6O3/c1-23-12-20-16-17(19-7-8-25)21-14-11-15(22-24(14)18(16)23)27-10-9-26-13-5-3-2-4-6-13/h2-6,11-12,25H,7-10H2,1H3,(H,19,21). The molecular weight excluding hydrogens is 348 g/mol. The maximum atomic E-state index is 9.06. The molecule has 9 nitrogen and oxygen atoms in total. The molecule has 0 spiro atoms. The Balaban J connectivity index is 1.53. The van der Waals surface area contributed by atoms with E-state index in [0.29, 0.717) is 42.6 Å². The van der Waals surface area contributed by atoms with Crippen LogP contribution < -0.4 is 14.8 Å². The predicted molar refractivity (Wildman–Crippen MR) is 100 cm³/mol. The molecule has 2 N–H and O–H groups in total. The van der Waals surface area contributed by atoms with E-state index in [0.717, 1.165) is 11.4 Å². The summed E-state index contributed by atoms with van der Waals surface area (Å²) in [6.45, 7) is 1.18. The number of aliphatic hydroxyl groups is 1. The lowest BCUT2D eigenvalue weighted by atomic mass is 10.3. The van der Waals surface area contributed by atoms with Crippen molar-refractivity contribution in [2.75, 3.05) is 31.7 Å². The molecule has 1 aromatic carbocycles. The van der Waals surface area contributed by atoms with Crippen LogP contribution in [-0.2, 0) is 7.05 Å². The SMILES string of the molecule is Cn1cnc2c(NCCO)nc3cc(OCCOc4ccccc4)nn3c21. The van der Waals surface area contributed by atoms with Gasteiger partial charge in [0.15, 0.2) is 22.6 Å². The number of hydrogen-bond acceptors (Lipinski definition) is 7. The maximum Gasteiger partial charge on any atom is 0.235 e. The molecule has 3 aromatic heterocycles. The van der Waals surface area contributed by atoms with E-state index in [4.69, 9.17) is 14.6 Å². The number of aliphatic hydroxyl groups excluding tert-OH is 1. The molecule has 0 saturated heterocycles. The smallest absolute Gasteiger partial charge is 0.235 e. The Kier molecular flexibility index (Phi) is 4.75. The van der Waals surface area contributed by atoms with Gasteiger partial charge < -0.3 is 24.5 Å². The first kappa shape index (κ1) is 17.1. The lowest BCUT2D eigenvalue weighted by Gasteiger charge is -2.06. The normalized spacial score (nSPS) is 11.2. The van der Waals surface area contributed by atoms with Gasteiger partial charge in [-0.1, -0.05) is 18.2 Å². The molecule has 3 heterocycles. The van der Waals surface area contributed by atoms with Gasteiger partial charge in [-0.05, 0) is 12.1 Å². The van der Waals surface area contributed by atoms with Crippen LogP contribution in [0.5, 0.6) is 11.6 Å². The van der Waals surface area contributed by atoms with Gasteiger partial charge in [-0.25, -0.2) is 9.97 Å². The van der Waals surface area contributed by atoms with Gasteiger partial charge in [0.25, 0.3) is 0 Å². The number of nitrogens with zero attached hydrogens (tertiary/aromatic N) is 5. The molecule has 27 heavy (non-hydrogen) atoms. The Bertz CT molecular complexity index is 1040. The highest BCUT2D eigenvalue weighted by Gasteiger charge is 2.15. The maximum absolute atomic E-state index is 9.06. The van der Waals surface area contributed by atoms with Crippen molar-refractivity contribution in [3.05, 3.63) is 42.7 Å². The van der Waals surface area contributed by atoms with Crippen molar-refractivity contribution < 1.29 is 14.6 Å². The molecule has 0 aliphatic rings. The van der Waals surface area contributed by atoms with Gasteiger partial charge in [-0.2, -0.15) is 4.52 Å². The van der Waals surface area contributed by atoms with Crippen molar-refractivity contribution >= 4 is 22.6 Å². The lowest BCUT2D eigenvalue weighted by molar-refractivity contribution is 0.211. The van der Waals surface area contributed by atoms with E-state index in [-0.39, 0.29) is 6.61 Å². The number of para-hydroxylation sites is 1. The number of fused-ring (bicyclic) bond motifs is 3. The number of benzene rings is 1. The van der Waals surface area contributed by atoms with Gasteiger partial charge in [0.05, 0.1) is 12.9 Å². The molecule has 0 unspecified atom stereocenters. The summed E-state index contributed by atoms with van der Waals surface area (Å²) in [5, 5.41) is 16.6. The summed E-state index contributed by atoms with van der Waals surface area (Å²) < 4.78 is 14.9. The molecular formula is C18H20N6O3. The van der Waals surface area contributed by atoms with Crippen molar-refractivity contribution in [1.29, 1.82) is 0 Å². The Hall–Kier alpha value is -3.33. The van der Waals surface area contributed by atoms with Gasteiger partial charge in [0.1, 0.15) is 19.0 Å². The largest absolute Gasteiger partial charge is 0.490 e. The topological polar surface area (TPSA) is 98.7 Å². The Morgan fingerprint density at radius 1 is 1.15 bits per heavy atom. The van der Waals surface area contributed by atoms with E-state index in [2.05, 4.69) is 20.4 Å². The molecule has 140 valence electrons. The van der Waals surface area contributed by atoms with Crippen LogP contribution in [0.15, 0.2) is 42.7 Å². The molecule has 0 fully saturated rings. The third-order valence-electron chi connectivity index (χ3n) is 3.97. The summed E-state index contributed by atoms with van der Waals surface area (Å²) >= 11 is 0. The number of nitrogens with one attached hydrogen (secondary N) is 1. The fourth-order valence-corrected chi connectivity index (χ4v) is 2.78. The Morgan fingerprint density at radius 2 is 1.96 bits per heavy atom. The van der Waals surface area contributed by atoms with E-state index in [1.807, 2.05) is 41.9 Å². The molecule has 4 rings (SSSR count). The van der Waals surface area contributed by atoms with E-state index < -0.39 is 0 Å². The van der Waals surface area contributed by atoms with Gasteiger partial charge in [-0.3, -0.25) is 0 Å². The highest BCUT2D eigenvalue weighted by Crippen LogP contribution is 2.23. The zero-order valence-corrected chi connectivity index (χ0v) is 14.9. The van der Waals surface area contributed by atoms with Crippen LogP contribution >= 0.6 is 0 Å². The molecule has 0 radical (unpaired) electrons. The minimum absolute atomic E-state index is 0.0101. The quantitative estimate of drug-likeness (QED) is 0.455. The lowest BCUT2D eigenvalue weighted by Crippen LogP contribution is -2.10. The summed E-state index contributed by atoms with van der Waals surface area (Å²) in [4.78, 5) is 8.92. The molecule has 0 amide bonds. The molecule has 0 bridgehead atoms. The van der Waals surface area contributed by atoms with Crippen LogP contribution in [0.2, 0.25) is 0 Å². The summed E-state index contributed by atoms with van der Waals surface area (Å²) in [6.07, 6.45) is 1.70.